The van der Waals surface area contributed by atoms with Gasteiger partial charge in [0.25, 0.3) is 0 Å². The molecule has 2 aromatic rings. The third kappa shape index (κ3) is 5.95. The number of carbonyl (C=O) groups is 1. The maximum absolute atomic E-state index is 13.1. The number of rotatable bonds is 6. The van der Waals surface area contributed by atoms with Crippen molar-refractivity contribution in [1.29, 1.82) is 0 Å². The average molecular weight is 471 g/mol. The second kappa shape index (κ2) is 9.70. The Kier molecular flexibility index (Phi) is 7.39. The lowest BCUT2D eigenvalue weighted by Crippen LogP contribution is -2.45. The van der Waals surface area contributed by atoms with Crippen molar-refractivity contribution in [2.75, 3.05) is 0 Å². The third-order valence-electron chi connectivity index (χ3n) is 6.02. The number of halogens is 4. The molecule has 0 radical (unpaired) electrons. The van der Waals surface area contributed by atoms with Crippen LogP contribution in [-0.2, 0) is 22.0 Å². The van der Waals surface area contributed by atoms with Crippen molar-refractivity contribution in [1.82, 2.24) is 10.0 Å². The van der Waals surface area contributed by atoms with Gasteiger partial charge in [0.1, 0.15) is 16.8 Å². The molecule has 0 heterocycles. The normalized spacial score (nSPS) is 23.4. The first-order chi connectivity index (χ1) is 15.0. The third-order valence-corrected chi connectivity index (χ3v) is 7.27. The van der Waals surface area contributed by atoms with Crippen LogP contribution in [0, 0.1) is 11.2 Å². The Morgan fingerprint density at radius 3 is 2.16 bits per heavy atom. The fourth-order valence-electron chi connectivity index (χ4n) is 3.79. The van der Waals surface area contributed by atoms with E-state index in [0.717, 1.165) is 17.7 Å². The Hall–Kier alpha value is -2.26. The lowest BCUT2D eigenvalue weighted by Gasteiger charge is -2.37. The molecule has 1 amide bonds. The summed E-state index contributed by atoms with van der Waals surface area (Å²) >= 11 is 0. The summed E-state index contributed by atoms with van der Waals surface area (Å²) in [6.45, 7) is 3.73. The minimum absolute atomic E-state index is 0.0864. The quantitative estimate of drug-likeness (QED) is 0.564. The summed E-state index contributed by atoms with van der Waals surface area (Å²) in [6.07, 6.45) is -2.05. The Bertz CT molecular complexity index is 953. The molecule has 0 aliphatic heterocycles. The summed E-state index contributed by atoms with van der Waals surface area (Å²) in [5.74, 6) is -0.421. The van der Waals surface area contributed by atoms with E-state index < -0.39 is 28.1 Å². The number of carbonyl (C=O) groups excluding carboxylic acids is 1. The molecular formula is C23H26F4N2O2S. The molecule has 1 aliphatic carbocycles. The summed E-state index contributed by atoms with van der Waals surface area (Å²) in [7, 11) is -1.64. The smallest absolute Gasteiger partial charge is 0.349 e. The van der Waals surface area contributed by atoms with Gasteiger partial charge < -0.3 is 5.32 Å². The zero-order chi connectivity index (χ0) is 23.5. The predicted molar refractivity (Wildman–Crippen MR) is 114 cm³/mol. The lowest BCUT2D eigenvalue weighted by atomic mass is 9.73. The molecule has 3 rings (SSSR count). The van der Waals surface area contributed by atoms with Gasteiger partial charge in [-0.3, -0.25) is 4.79 Å². The maximum Gasteiger partial charge on any atom is 0.416 e. The van der Waals surface area contributed by atoms with Crippen LogP contribution in [-0.4, -0.2) is 16.2 Å². The molecule has 2 N–H and O–H groups in total. The second-order valence-corrected chi connectivity index (χ2v) is 9.73. The van der Waals surface area contributed by atoms with Crippen LogP contribution in [0.1, 0.15) is 56.7 Å². The molecule has 2 atom stereocenters. The topological polar surface area (TPSA) is 58.2 Å². The Morgan fingerprint density at radius 2 is 1.62 bits per heavy atom. The van der Waals surface area contributed by atoms with E-state index in [-0.39, 0.29) is 28.7 Å². The van der Waals surface area contributed by atoms with Crippen molar-refractivity contribution >= 4 is 16.9 Å². The highest BCUT2D eigenvalue weighted by atomic mass is 32.2. The van der Waals surface area contributed by atoms with Crippen molar-refractivity contribution in [2.24, 2.45) is 5.41 Å². The van der Waals surface area contributed by atoms with Crippen LogP contribution in [0.15, 0.2) is 53.4 Å². The standard InChI is InChI=1S/C23H26F4N2O2S/c1-15(16-3-7-18(24)8-4-16)28-21(30)22(2)13-11-19(12-14-22)29-32(31)20-9-5-17(6-10-20)23(25,26)27/h3-10,15,19,29H,11-14H2,1-2H3,(H,28,30)/t15-,19?,22?,32?/m1/s1. The zero-order valence-corrected chi connectivity index (χ0v) is 18.7. The van der Waals surface area contributed by atoms with Crippen LogP contribution in [0.25, 0.3) is 0 Å². The first kappa shape index (κ1) is 24.4. The summed E-state index contributed by atoms with van der Waals surface area (Å²) in [4.78, 5) is 13.2. The molecule has 174 valence electrons. The van der Waals surface area contributed by atoms with E-state index in [2.05, 4.69) is 10.0 Å². The molecule has 2 aromatic carbocycles. The van der Waals surface area contributed by atoms with Crippen LogP contribution in [0.3, 0.4) is 0 Å². The van der Waals surface area contributed by atoms with Gasteiger partial charge in [0.05, 0.1) is 16.5 Å². The number of hydrogen-bond donors (Lipinski definition) is 2. The Balaban J connectivity index is 1.52. The van der Waals surface area contributed by atoms with Crippen LogP contribution in [0.5, 0.6) is 0 Å². The molecule has 1 aliphatic rings. The minimum Gasteiger partial charge on any atom is -0.349 e. The van der Waals surface area contributed by atoms with Crippen LogP contribution >= 0.6 is 0 Å². The van der Waals surface area contributed by atoms with Gasteiger partial charge in [0.2, 0.25) is 5.91 Å². The highest BCUT2D eigenvalue weighted by Gasteiger charge is 2.38. The van der Waals surface area contributed by atoms with E-state index in [1.807, 2.05) is 13.8 Å². The maximum atomic E-state index is 13.1. The van der Waals surface area contributed by atoms with Gasteiger partial charge in [-0.25, -0.2) is 13.3 Å². The van der Waals surface area contributed by atoms with Crippen molar-refractivity contribution in [3.05, 3.63) is 65.5 Å². The summed E-state index contributed by atoms with van der Waals surface area (Å²) in [5, 5.41) is 2.99. The van der Waals surface area contributed by atoms with E-state index in [1.54, 1.807) is 12.1 Å². The number of nitrogens with one attached hydrogen (secondary N) is 2. The van der Waals surface area contributed by atoms with E-state index in [0.29, 0.717) is 25.7 Å². The predicted octanol–water partition coefficient (Wildman–Crippen LogP) is 5.28. The highest BCUT2D eigenvalue weighted by Crippen LogP contribution is 2.37. The lowest BCUT2D eigenvalue weighted by molar-refractivity contribution is -0.137. The molecule has 0 bridgehead atoms. The first-order valence-corrected chi connectivity index (χ1v) is 11.5. The first-order valence-electron chi connectivity index (χ1n) is 10.4. The molecule has 1 fully saturated rings. The fourth-order valence-corrected chi connectivity index (χ4v) is 4.85. The van der Waals surface area contributed by atoms with Gasteiger partial charge in [-0.2, -0.15) is 13.2 Å². The molecule has 0 saturated heterocycles. The number of hydrogen-bond acceptors (Lipinski definition) is 2. The van der Waals surface area contributed by atoms with E-state index in [9.17, 15) is 26.6 Å². The molecule has 0 spiro atoms. The fraction of sp³-hybridized carbons (Fsp3) is 0.435. The monoisotopic (exact) mass is 470 g/mol. The van der Waals surface area contributed by atoms with Gasteiger partial charge in [0, 0.05) is 11.5 Å². The molecule has 9 heteroatoms. The number of benzene rings is 2. The van der Waals surface area contributed by atoms with E-state index in [4.69, 9.17) is 0 Å². The summed E-state index contributed by atoms with van der Waals surface area (Å²) in [6, 6.07) is 9.88. The van der Waals surface area contributed by atoms with Gasteiger partial charge >= 0.3 is 6.18 Å². The largest absolute Gasteiger partial charge is 0.416 e. The molecule has 1 unspecified atom stereocenters. The molecule has 4 nitrogen and oxygen atoms in total. The van der Waals surface area contributed by atoms with Gasteiger partial charge in [-0.05, 0) is 74.6 Å². The van der Waals surface area contributed by atoms with Gasteiger partial charge in [-0.15, -0.1) is 0 Å². The molecule has 32 heavy (non-hydrogen) atoms. The summed E-state index contributed by atoms with van der Waals surface area (Å²) < 4.78 is 66.6. The molecular weight excluding hydrogens is 444 g/mol. The van der Waals surface area contributed by atoms with Crippen molar-refractivity contribution in [2.45, 2.75) is 62.7 Å². The van der Waals surface area contributed by atoms with Crippen molar-refractivity contribution < 1.29 is 26.6 Å². The SMILES string of the molecule is C[C@@H](NC(=O)C1(C)CCC(NS(=O)c2ccc(C(F)(F)F)cc2)CC1)c1ccc(F)cc1. The van der Waals surface area contributed by atoms with Crippen LogP contribution in [0.2, 0.25) is 0 Å². The minimum atomic E-state index is -4.43. The van der Waals surface area contributed by atoms with Crippen LogP contribution in [0.4, 0.5) is 17.6 Å². The van der Waals surface area contributed by atoms with E-state index in [1.165, 1.54) is 24.3 Å². The highest BCUT2D eigenvalue weighted by molar-refractivity contribution is 7.83. The Morgan fingerprint density at radius 1 is 1.06 bits per heavy atom. The molecule has 1 saturated carbocycles. The van der Waals surface area contributed by atoms with Crippen molar-refractivity contribution in [3.8, 4) is 0 Å². The average Bonchev–Trinajstić information content (AvgIpc) is 2.75. The molecule has 0 aromatic heterocycles. The van der Waals surface area contributed by atoms with Gasteiger partial charge in [-0.1, -0.05) is 19.1 Å². The Labute approximate surface area is 187 Å². The number of amides is 1. The van der Waals surface area contributed by atoms with Crippen LogP contribution < -0.4 is 10.0 Å². The second-order valence-electron chi connectivity index (χ2n) is 8.49. The van der Waals surface area contributed by atoms with Crippen molar-refractivity contribution in [3.63, 3.8) is 0 Å². The zero-order valence-electron chi connectivity index (χ0n) is 17.8. The van der Waals surface area contributed by atoms with Gasteiger partial charge in [0.15, 0.2) is 0 Å². The number of alkyl halides is 3. The summed E-state index contributed by atoms with van der Waals surface area (Å²) in [5.41, 5.74) is -0.555. The van der Waals surface area contributed by atoms with E-state index >= 15 is 0 Å².